The van der Waals surface area contributed by atoms with E-state index >= 15 is 0 Å². The zero-order chi connectivity index (χ0) is 20.6. The number of pyridine rings is 1. The fraction of sp³-hybridized carbons (Fsp3) is 0.300. The number of methoxy groups -OCH3 is 1. The topological polar surface area (TPSA) is 102 Å². The second-order valence-electron chi connectivity index (χ2n) is 7.13. The molecule has 2 aromatic heterocycles. The molecule has 2 heterocycles. The first-order chi connectivity index (χ1) is 13.9. The lowest BCUT2D eigenvalue weighted by Crippen LogP contribution is -2.25. The van der Waals surface area contributed by atoms with Crippen LogP contribution in [0.15, 0.2) is 52.3 Å². The van der Waals surface area contributed by atoms with Crippen LogP contribution in [-0.2, 0) is 16.6 Å². The molecule has 0 unspecified atom stereocenters. The Balaban J connectivity index is 1.60. The molecule has 2 N–H and O–H groups in total. The zero-order valence-electron chi connectivity index (χ0n) is 16.2. The van der Waals surface area contributed by atoms with E-state index in [0.29, 0.717) is 22.8 Å². The first-order valence-corrected chi connectivity index (χ1v) is 10.8. The van der Waals surface area contributed by atoms with Gasteiger partial charge in [-0.1, -0.05) is 6.07 Å². The number of ether oxygens (including phenoxy) is 1. The molecule has 8 nitrogen and oxygen atoms in total. The van der Waals surface area contributed by atoms with Crippen molar-refractivity contribution >= 4 is 21.4 Å². The van der Waals surface area contributed by atoms with E-state index in [9.17, 15) is 13.2 Å². The second kappa shape index (κ2) is 7.49. The van der Waals surface area contributed by atoms with E-state index in [1.54, 1.807) is 18.3 Å². The number of anilines is 1. The Morgan fingerprint density at radius 2 is 2.00 bits per heavy atom. The first kappa shape index (κ1) is 19.4. The average Bonchev–Trinajstić information content (AvgIpc) is 3.50. The Labute approximate surface area is 168 Å². The summed E-state index contributed by atoms with van der Waals surface area (Å²) in [5.74, 6) is 0.503. The van der Waals surface area contributed by atoms with Gasteiger partial charge in [-0.15, -0.1) is 0 Å². The van der Waals surface area contributed by atoms with Crippen LogP contribution in [0.1, 0.15) is 24.1 Å². The van der Waals surface area contributed by atoms with Crippen molar-refractivity contribution in [1.82, 2.24) is 14.1 Å². The minimum Gasteiger partial charge on any atom is -0.495 e. The van der Waals surface area contributed by atoms with Gasteiger partial charge in [-0.2, -0.15) is 0 Å². The molecule has 1 fully saturated rings. The standard InChI is InChI=1S/C20H22N4O4S/c1-13-3-8-19-22-15(9-20(25)24(19)12-13)11-21-17-10-16(6-7-18(17)28-2)29(26,27)23-14-4-5-14/h3,6-10,12,14,21,23H,4-5,11H2,1-2H3. The molecule has 0 aliphatic heterocycles. The highest BCUT2D eigenvalue weighted by molar-refractivity contribution is 7.89. The molecular weight excluding hydrogens is 392 g/mol. The predicted octanol–water partition coefficient (Wildman–Crippen LogP) is 2.06. The third-order valence-electron chi connectivity index (χ3n) is 4.70. The average molecular weight is 414 g/mol. The van der Waals surface area contributed by atoms with Gasteiger partial charge >= 0.3 is 0 Å². The van der Waals surface area contributed by atoms with Gasteiger partial charge < -0.3 is 10.1 Å². The van der Waals surface area contributed by atoms with Crippen LogP contribution < -0.4 is 20.3 Å². The zero-order valence-corrected chi connectivity index (χ0v) is 17.0. The van der Waals surface area contributed by atoms with Crippen molar-refractivity contribution in [1.29, 1.82) is 0 Å². The van der Waals surface area contributed by atoms with Crippen LogP contribution in [0.2, 0.25) is 0 Å². The van der Waals surface area contributed by atoms with Gasteiger partial charge in [0, 0.05) is 18.3 Å². The fourth-order valence-electron chi connectivity index (χ4n) is 3.02. The van der Waals surface area contributed by atoms with E-state index in [-0.39, 0.29) is 23.0 Å². The Morgan fingerprint density at radius 3 is 2.72 bits per heavy atom. The second-order valence-corrected chi connectivity index (χ2v) is 8.85. The molecule has 4 rings (SSSR count). The van der Waals surface area contributed by atoms with Crippen LogP contribution >= 0.6 is 0 Å². The fourth-order valence-corrected chi connectivity index (χ4v) is 4.35. The summed E-state index contributed by atoms with van der Waals surface area (Å²) in [4.78, 5) is 17.0. The summed E-state index contributed by atoms with van der Waals surface area (Å²) in [5.41, 5.74) is 2.40. The number of fused-ring (bicyclic) bond motifs is 1. The van der Waals surface area contributed by atoms with Gasteiger partial charge in [-0.05, 0) is 49.6 Å². The van der Waals surface area contributed by atoms with Crippen LogP contribution in [0.4, 0.5) is 5.69 Å². The third kappa shape index (κ3) is 4.25. The van der Waals surface area contributed by atoms with Gasteiger partial charge in [-0.3, -0.25) is 9.20 Å². The molecule has 29 heavy (non-hydrogen) atoms. The Bertz CT molecular complexity index is 1230. The number of sulfonamides is 1. The molecule has 0 spiro atoms. The number of hydrogen-bond acceptors (Lipinski definition) is 6. The predicted molar refractivity (Wildman–Crippen MR) is 110 cm³/mol. The Hall–Kier alpha value is -2.91. The van der Waals surface area contributed by atoms with Crippen molar-refractivity contribution in [2.75, 3.05) is 12.4 Å². The molecule has 152 valence electrons. The normalized spacial score (nSPS) is 14.1. The molecule has 0 amide bonds. The largest absolute Gasteiger partial charge is 0.495 e. The lowest BCUT2D eigenvalue weighted by atomic mass is 10.2. The first-order valence-electron chi connectivity index (χ1n) is 9.29. The summed E-state index contributed by atoms with van der Waals surface area (Å²) in [6.07, 6.45) is 3.47. The van der Waals surface area contributed by atoms with E-state index in [4.69, 9.17) is 4.74 Å². The number of aryl methyl sites for hydroxylation is 1. The number of aromatic nitrogens is 2. The van der Waals surface area contributed by atoms with Gasteiger partial charge in [0.1, 0.15) is 11.4 Å². The molecule has 3 aromatic rings. The van der Waals surface area contributed by atoms with Crippen molar-refractivity contribution in [3.05, 3.63) is 64.2 Å². The summed E-state index contributed by atoms with van der Waals surface area (Å²) in [7, 11) is -2.07. The number of rotatable bonds is 7. The van der Waals surface area contributed by atoms with Gasteiger partial charge in [-0.25, -0.2) is 18.1 Å². The van der Waals surface area contributed by atoms with E-state index in [0.717, 1.165) is 18.4 Å². The van der Waals surface area contributed by atoms with Crippen molar-refractivity contribution in [2.24, 2.45) is 0 Å². The van der Waals surface area contributed by atoms with Gasteiger partial charge in [0.25, 0.3) is 5.56 Å². The highest BCUT2D eigenvalue weighted by Crippen LogP contribution is 2.29. The minimum atomic E-state index is -3.58. The summed E-state index contributed by atoms with van der Waals surface area (Å²) in [6, 6.07) is 9.81. The maximum Gasteiger partial charge on any atom is 0.258 e. The summed E-state index contributed by atoms with van der Waals surface area (Å²) < 4.78 is 34.5. The summed E-state index contributed by atoms with van der Waals surface area (Å²) >= 11 is 0. The van der Waals surface area contributed by atoms with Crippen LogP contribution in [0.5, 0.6) is 5.75 Å². The van der Waals surface area contributed by atoms with E-state index in [1.807, 2.05) is 13.0 Å². The highest BCUT2D eigenvalue weighted by Gasteiger charge is 2.28. The highest BCUT2D eigenvalue weighted by atomic mass is 32.2. The van der Waals surface area contributed by atoms with Gasteiger partial charge in [0.15, 0.2) is 0 Å². The molecule has 1 aromatic carbocycles. The van der Waals surface area contributed by atoms with Gasteiger partial charge in [0.2, 0.25) is 10.0 Å². The van der Waals surface area contributed by atoms with Crippen LogP contribution in [-0.4, -0.2) is 31.0 Å². The molecule has 1 saturated carbocycles. The lowest BCUT2D eigenvalue weighted by Gasteiger charge is -2.14. The number of nitrogens with one attached hydrogen (secondary N) is 2. The van der Waals surface area contributed by atoms with Crippen LogP contribution in [0, 0.1) is 6.92 Å². The lowest BCUT2D eigenvalue weighted by molar-refractivity contribution is 0.416. The van der Waals surface area contributed by atoms with Gasteiger partial charge in [0.05, 0.1) is 29.9 Å². The van der Waals surface area contributed by atoms with E-state index in [1.165, 1.54) is 29.7 Å². The third-order valence-corrected chi connectivity index (χ3v) is 6.22. The Morgan fingerprint density at radius 1 is 1.21 bits per heavy atom. The number of nitrogens with zero attached hydrogens (tertiary/aromatic N) is 2. The summed E-state index contributed by atoms with van der Waals surface area (Å²) in [6.45, 7) is 2.16. The number of benzene rings is 1. The SMILES string of the molecule is COc1ccc(S(=O)(=O)NC2CC2)cc1NCc1cc(=O)n2cc(C)ccc2n1. The maximum absolute atomic E-state index is 12.5. The van der Waals surface area contributed by atoms with E-state index in [2.05, 4.69) is 15.0 Å². The van der Waals surface area contributed by atoms with Crippen molar-refractivity contribution in [2.45, 2.75) is 37.2 Å². The molecule has 0 radical (unpaired) electrons. The smallest absolute Gasteiger partial charge is 0.258 e. The van der Waals surface area contributed by atoms with Crippen molar-refractivity contribution < 1.29 is 13.2 Å². The molecular formula is C20H22N4O4S. The molecule has 9 heteroatoms. The molecule has 0 bridgehead atoms. The monoisotopic (exact) mass is 414 g/mol. The summed E-state index contributed by atoms with van der Waals surface area (Å²) in [5, 5.41) is 3.14. The number of hydrogen-bond donors (Lipinski definition) is 2. The molecule has 1 aliphatic carbocycles. The maximum atomic E-state index is 12.5. The quantitative estimate of drug-likeness (QED) is 0.614. The minimum absolute atomic E-state index is 0.0249. The van der Waals surface area contributed by atoms with E-state index < -0.39 is 10.0 Å². The van der Waals surface area contributed by atoms with Crippen molar-refractivity contribution in [3.8, 4) is 5.75 Å². The van der Waals surface area contributed by atoms with Crippen molar-refractivity contribution in [3.63, 3.8) is 0 Å². The molecule has 0 saturated heterocycles. The molecule has 0 atom stereocenters. The molecule has 1 aliphatic rings. The van der Waals surface area contributed by atoms with Crippen LogP contribution in [0.25, 0.3) is 5.65 Å². The Kier molecular flexibility index (Phi) is 5.01. The van der Waals surface area contributed by atoms with Crippen LogP contribution in [0.3, 0.4) is 0 Å².